The van der Waals surface area contributed by atoms with E-state index >= 15 is 0 Å². The number of H-pyrrole nitrogens is 1. The summed E-state index contributed by atoms with van der Waals surface area (Å²) >= 11 is 6.21. The lowest BCUT2D eigenvalue weighted by molar-refractivity contribution is -0.136. The minimum absolute atomic E-state index is 0.104. The second-order valence-corrected chi connectivity index (χ2v) is 6.70. The number of fused-ring (bicyclic) bond motifs is 1. The summed E-state index contributed by atoms with van der Waals surface area (Å²) in [5.74, 6) is 1.60. The number of ether oxygens (including phenoxy) is 2. The maximum absolute atomic E-state index is 12.5. The first-order valence-electron chi connectivity index (χ1n) is 8.18. The lowest BCUT2D eigenvalue weighted by Crippen LogP contribution is -2.49. The molecule has 4 rings (SSSR count). The van der Waals surface area contributed by atoms with Crippen molar-refractivity contribution in [1.29, 1.82) is 0 Å². The Kier molecular flexibility index (Phi) is 4.27. The summed E-state index contributed by atoms with van der Waals surface area (Å²) in [5.41, 5.74) is 2.68. The van der Waals surface area contributed by atoms with E-state index in [2.05, 4.69) is 15.1 Å². The van der Waals surface area contributed by atoms with E-state index < -0.39 is 0 Å². The summed E-state index contributed by atoms with van der Waals surface area (Å²) in [5, 5.41) is 7.73. The summed E-state index contributed by atoms with van der Waals surface area (Å²) in [6, 6.07) is 5.80. The molecule has 25 heavy (non-hydrogen) atoms. The molecule has 2 aliphatic heterocycles. The third-order valence-electron chi connectivity index (χ3n) is 4.52. The topological polar surface area (TPSA) is 70.7 Å². The molecule has 132 valence electrons. The summed E-state index contributed by atoms with van der Waals surface area (Å²) < 4.78 is 10.7. The van der Waals surface area contributed by atoms with Crippen LogP contribution in [-0.4, -0.2) is 52.3 Å². The summed E-state index contributed by atoms with van der Waals surface area (Å²) in [7, 11) is 0. The number of nitrogens with one attached hydrogen (secondary N) is 1. The van der Waals surface area contributed by atoms with Gasteiger partial charge >= 0.3 is 0 Å². The minimum Gasteiger partial charge on any atom is -0.454 e. The molecule has 8 heteroatoms. The number of carbonyl (C=O) groups excluding carboxylic acids is 1. The van der Waals surface area contributed by atoms with Crippen molar-refractivity contribution >= 4 is 17.5 Å². The quantitative estimate of drug-likeness (QED) is 0.900. The highest BCUT2D eigenvalue weighted by atomic mass is 35.5. The minimum atomic E-state index is 0.104. The molecule has 0 spiro atoms. The van der Waals surface area contributed by atoms with Gasteiger partial charge in [0.15, 0.2) is 11.5 Å². The van der Waals surface area contributed by atoms with E-state index in [4.69, 9.17) is 21.1 Å². The number of rotatable bonds is 4. The number of piperazine rings is 1. The Bertz CT molecular complexity index is 807. The summed E-state index contributed by atoms with van der Waals surface area (Å²) in [4.78, 5) is 16.4. The molecule has 0 bridgehead atoms. The molecular formula is C17H19ClN4O3. The average molecular weight is 363 g/mol. The number of aromatic amines is 1. The molecule has 0 aliphatic carbocycles. The van der Waals surface area contributed by atoms with E-state index in [0.29, 0.717) is 31.2 Å². The number of aromatic nitrogens is 2. The van der Waals surface area contributed by atoms with E-state index in [1.165, 1.54) is 0 Å². The van der Waals surface area contributed by atoms with Crippen molar-refractivity contribution in [3.8, 4) is 11.5 Å². The predicted octanol–water partition coefficient (Wildman–Crippen LogP) is 1.94. The van der Waals surface area contributed by atoms with Crippen LogP contribution in [-0.2, 0) is 17.9 Å². The lowest BCUT2D eigenvalue weighted by atomic mass is 10.1. The lowest BCUT2D eigenvalue weighted by Gasteiger charge is -2.34. The zero-order valence-corrected chi connectivity index (χ0v) is 14.7. The van der Waals surface area contributed by atoms with Crippen molar-refractivity contribution < 1.29 is 14.3 Å². The van der Waals surface area contributed by atoms with E-state index in [0.717, 1.165) is 35.0 Å². The van der Waals surface area contributed by atoms with Gasteiger partial charge in [-0.15, -0.1) is 0 Å². The molecule has 0 atom stereocenters. The molecule has 3 heterocycles. The molecule has 0 radical (unpaired) electrons. The van der Waals surface area contributed by atoms with Crippen molar-refractivity contribution in [2.75, 3.05) is 26.4 Å². The number of carbonyl (C=O) groups is 1. The smallest absolute Gasteiger partial charge is 0.237 e. The number of amides is 1. The van der Waals surface area contributed by atoms with Gasteiger partial charge in [-0.2, -0.15) is 5.10 Å². The molecule has 1 aromatic carbocycles. The van der Waals surface area contributed by atoms with Gasteiger partial charge in [0.25, 0.3) is 0 Å². The Morgan fingerprint density at radius 1 is 1.24 bits per heavy atom. The third-order valence-corrected chi connectivity index (χ3v) is 5.02. The molecule has 1 saturated heterocycles. The molecule has 7 nitrogen and oxygen atoms in total. The van der Waals surface area contributed by atoms with Gasteiger partial charge in [-0.1, -0.05) is 17.7 Å². The van der Waals surface area contributed by atoms with Gasteiger partial charge in [0.05, 0.1) is 23.0 Å². The molecule has 2 aliphatic rings. The predicted molar refractivity (Wildman–Crippen MR) is 91.6 cm³/mol. The number of hydrogen-bond acceptors (Lipinski definition) is 5. The molecule has 0 unspecified atom stereocenters. The van der Waals surface area contributed by atoms with Gasteiger partial charge in [-0.05, 0) is 24.6 Å². The van der Waals surface area contributed by atoms with E-state index in [1.54, 1.807) is 0 Å². The first-order chi connectivity index (χ1) is 12.1. The molecule has 2 aromatic rings. The first kappa shape index (κ1) is 16.2. The second-order valence-electron chi connectivity index (χ2n) is 6.32. The van der Waals surface area contributed by atoms with Gasteiger partial charge in [0.1, 0.15) is 0 Å². The van der Waals surface area contributed by atoms with Crippen LogP contribution >= 0.6 is 11.6 Å². The molecule has 1 N–H and O–H groups in total. The summed E-state index contributed by atoms with van der Waals surface area (Å²) in [6.45, 7) is 5.12. The van der Waals surface area contributed by atoms with Crippen LogP contribution in [0.5, 0.6) is 11.5 Å². The number of benzene rings is 1. The number of hydrogen-bond donors (Lipinski definition) is 1. The molecule has 1 fully saturated rings. The molecule has 1 aromatic heterocycles. The van der Waals surface area contributed by atoms with Crippen LogP contribution in [0, 0.1) is 6.92 Å². The van der Waals surface area contributed by atoms with Crippen molar-refractivity contribution in [3.05, 3.63) is 40.2 Å². The van der Waals surface area contributed by atoms with Crippen molar-refractivity contribution in [2.24, 2.45) is 0 Å². The van der Waals surface area contributed by atoms with Crippen LogP contribution in [0.3, 0.4) is 0 Å². The van der Waals surface area contributed by atoms with E-state index in [1.807, 2.05) is 30.0 Å². The van der Waals surface area contributed by atoms with E-state index in [9.17, 15) is 4.79 Å². The van der Waals surface area contributed by atoms with Crippen molar-refractivity contribution in [3.63, 3.8) is 0 Å². The van der Waals surface area contributed by atoms with Crippen molar-refractivity contribution in [1.82, 2.24) is 20.0 Å². The van der Waals surface area contributed by atoms with Crippen LogP contribution in [0.15, 0.2) is 18.2 Å². The Morgan fingerprint density at radius 3 is 2.84 bits per heavy atom. The fraction of sp³-hybridized carbons (Fsp3) is 0.412. The highest BCUT2D eigenvalue weighted by Gasteiger charge is 2.26. The maximum atomic E-state index is 12.5. The third kappa shape index (κ3) is 3.29. The fourth-order valence-electron chi connectivity index (χ4n) is 3.10. The normalized spacial score (nSPS) is 17.4. The summed E-state index contributed by atoms with van der Waals surface area (Å²) in [6.07, 6.45) is 0. The first-order valence-corrected chi connectivity index (χ1v) is 8.56. The van der Waals surface area contributed by atoms with Crippen LogP contribution in [0.25, 0.3) is 0 Å². The number of halogens is 1. The van der Waals surface area contributed by atoms with Gasteiger partial charge < -0.3 is 14.4 Å². The highest BCUT2D eigenvalue weighted by Crippen LogP contribution is 2.33. The highest BCUT2D eigenvalue weighted by molar-refractivity contribution is 6.31. The Hall–Kier alpha value is -2.25. The maximum Gasteiger partial charge on any atom is 0.237 e. The zero-order valence-electron chi connectivity index (χ0n) is 13.9. The van der Waals surface area contributed by atoms with Gasteiger partial charge in [-0.25, -0.2) is 0 Å². The molecular weight excluding hydrogens is 344 g/mol. The van der Waals surface area contributed by atoms with E-state index in [-0.39, 0.29) is 12.7 Å². The standard InChI is InChI=1S/C17H19ClN4O3/c1-11-17(18)13(20-19-11)8-21-4-5-22(16(23)9-21)7-12-2-3-14-15(6-12)25-10-24-14/h2-3,6H,4-5,7-10H2,1H3,(H,19,20). The largest absolute Gasteiger partial charge is 0.454 e. The van der Waals surface area contributed by atoms with Crippen LogP contribution in [0.1, 0.15) is 17.0 Å². The van der Waals surface area contributed by atoms with Gasteiger partial charge in [0.2, 0.25) is 12.7 Å². The Labute approximate surface area is 150 Å². The molecule has 1 amide bonds. The van der Waals surface area contributed by atoms with Crippen LogP contribution in [0.2, 0.25) is 5.02 Å². The van der Waals surface area contributed by atoms with Crippen LogP contribution in [0.4, 0.5) is 0 Å². The van der Waals surface area contributed by atoms with Crippen molar-refractivity contribution in [2.45, 2.75) is 20.0 Å². The fourth-order valence-corrected chi connectivity index (χ4v) is 3.25. The van der Waals surface area contributed by atoms with Gasteiger partial charge in [0, 0.05) is 26.2 Å². The second kappa shape index (κ2) is 6.57. The number of nitrogens with zero attached hydrogens (tertiary/aromatic N) is 3. The number of aryl methyl sites for hydroxylation is 1. The van der Waals surface area contributed by atoms with Gasteiger partial charge in [-0.3, -0.25) is 14.8 Å². The Morgan fingerprint density at radius 2 is 2.08 bits per heavy atom. The SMILES string of the molecule is Cc1[nH]nc(CN2CCN(Cc3ccc4c(c3)OCO4)C(=O)C2)c1Cl. The monoisotopic (exact) mass is 362 g/mol. The average Bonchev–Trinajstić information content (AvgIpc) is 3.19. The molecule has 0 saturated carbocycles. The zero-order chi connectivity index (χ0) is 17.4. The Balaban J connectivity index is 1.37. The van der Waals surface area contributed by atoms with Crippen LogP contribution < -0.4 is 9.47 Å².